The molecule has 0 saturated carbocycles. The summed E-state index contributed by atoms with van der Waals surface area (Å²) in [5.74, 6) is -0.233. The van der Waals surface area contributed by atoms with Crippen LogP contribution in [-0.4, -0.2) is 27.7 Å². The van der Waals surface area contributed by atoms with Crippen molar-refractivity contribution in [3.63, 3.8) is 0 Å². The van der Waals surface area contributed by atoms with Crippen LogP contribution in [0.2, 0.25) is 0 Å². The highest BCUT2D eigenvalue weighted by atomic mass is 16.2. The summed E-state index contributed by atoms with van der Waals surface area (Å²) in [5, 5.41) is 3.98. The lowest BCUT2D eigenvalue weighted by Gasteiger charge is -2.30. The van der Waals surface area contributed by atoms with Crippen LogP contribution in [0.15, 0.2) is 54.7 Å². The molecule has 1 unspecified atom stereocenters. The highest BCUT2D eigenvalue weighted by molar-refractivity contribution is 6.06. The molecule has 3 aromatic rings. The lowest BCUT2D eigenvalue weighted by molar-refractivity contribution is -0.122. The quantitative estimate of drug-likeness (QED) is 0.754. The molecule has 1 aromatic heterocycles. The molecule has 2 N–H and O–H groups in total. The molecule has 132 valence electrons. The fourth-order valence-electron chi connectivity index (χ4n) is 3.71. The first-order chi connectivity index (χ1) is 12.6. The predicted octanol–water partition coefficient (Wildman–Crippen LogP) is 3.79. The van der Waals surface area contributed by atoms with Crippen molar-refractivity contribution >= 4 is 28.4 Å². The first-order valence-corrected chi connectivity index (χ1v) is 8.82. The largest absolute Gasteiger partial charge is 0.361 e. The fourth-order valence-corrected chi connectivity index (χ4v) is 3.71. The standard InChI is InChI=1S/C21H21N3O2/c1-13(2)19(24-12-14-6-3-4-7-15(14)21(24)26)20(25)23-18-9-5-8-17-16(18)10-11-22-17/h3-11,13,19,22H,12H2,1-2H3,(H,23,25). The number of nitrogens with zero attached hydrogens (tertiary/aromatic N) is 1. The highest BCUT2D eigenvalue weighted by Crippen LogP contribution is 2.28. The number of anilines is 1. The van der Waals surface area contributed by atoms with Crippen LogP contribution >= 0.6 is 0 Å². The van der Waals surface area contributed by atoms with Crippen molar-refractivity contribution in [3.05, 3.63) is 65.9 Å². The van der Waals surface area contributed by atoms with Gasteiger partial charge in [0.2, 0.25) is 5.91 Å². The second-order valence-corrected chi connectivity index (χ2v) is 7.01. The summed E-state index contributed by atoms with van der Waals surface area (Å²) in [4.78, 5) is 30.7. The summed E-state index contributed by atoms with van der Waals surface area (Å²) in [5.41, 5.74) is 3.39. The molecule has 1 aliphatic rings. The van der Waals surface area contributed by atoms with Gasteiger partial charge in [0.25, 0.3) is 5.91 Å². The highest BCUT2D eigenvalue weighted by Gasteiger charge is 2.37. The Labute approximate surface area is 152 Å². The van der Waals surface area contributed by atoms with Gasteiger partial charge >= 0.3 is 0 Å². The predicted molar refractivity (Wildman–Crippen MR) is 102 cm³/mol. The molecule has 2 heterocycles. The molecule has 4 rings (SSSR count). The van der Waals surface area contributed by atoms with Gasteiger partial charge in [-0.2, -0.15) is 0 Å². The molecule has 0 radical (unpaired) electrons. The Bertz CT molecular complexity index is 990. The van der Waals surface area contributed by atoms with E-state index in [1.807, 2.05) is 68.6 Å². The number of hydrogen-bond donors (Lipinski definition) is 2. The van der Waals surface area contributed by atoms with E-state index in [2.05, 4.69) is 10.3 Å². The van der Waals surface area contributed by atoms with Crippen molar-refractivity contribution in [3.8, 4) is 0 Å². The van der Waals surface area contributed by atoms with E-state index in [1.54, 1.807) is 4.90 Å². The third kappa shape index (κ3) is 2.65. The van der Waals surface area contributed by atoms with E-state index in [0.29, 0.717) is 12.1 Å². The first kappa shape index (κ1) is 16.4. The molecule has 0 fully saturated rings. The molecular weight excluding hydrogens is 326 g/mol. The van der Waals surface area contributed by atoms with Crippen LogP contribution in [0.25, 0.3) is 10.9 Å². The summed E-state index contributed by atoms with van der Waals surface area (Å²) < 4.78 is 0. The van der Waals surface area contributed by atoms with Gasteiger partial charge < -0.3 is 15.2 Å². The number of fused-ring (bicyclic) bond motifs is 2. The number of hydrogen-bond acceptors (Lipinski definition) is 2. The number of aromatic nitrogens is 1. The van der Waals surface area contributed by atoms with Gasteiger partial charge in [-0.25, -0.2) is 0 Å². The van der Waals surface area contributed by atoms with Crippen LogP contribution in [-0.2, 0) is 11.3 Å². The Balaban J connectivity index is 1.62. The van der Waals surface area contributed by atoms with Crippen LogP contribution in [0.4, 0.5) is 5.69 Å². The number of nitrogens with one attached hydrogen (secondary N) is 2. The second kappa shape index (κ2) is 6.33. The molecule has 2 aromatic carbocycles. The summed E-state index contributed by atoms with van der Waals surface area (Å²) in [7, 11) is 0. The lowest BCUT2D eigenvalue weighted by Crippen LogP contribution is -2.47. The number of rotatable bonds is 4. The number of carbonyl (C=O) groups excluding carboxylic acids is 2. The molecule has 0 bridgehead atoms. The Morgan fingerprint density at radius 2 is 1.92 bits per heavy atom. The molecule has 0 saturated heterocycles. The van der Waals surface area contributed by atoms with Gasteiger partial charge in [0.15, 0.2) is 0 Å². The van der Waals surface area contributed by atoms with E-state index < -0.39 is 6.04 Å². The Morgan fingerprint density at radius 3 is 2.69 bits per heavy atom. The van der Waals surface area contributed by atoms with E-state index in [4.69, 9.17) is 0 Å². The number of amides is 2. The van der Waals surface area contributed by atoms with Gasteiger partial charge in [-0.3, -0.25) is 9.59 Å². The van der Waals surface area contributed by atoms with Crippen molar-refractivity contribution in [2.45, 2.75) is 26.4 Å². The minimum Gasteiger partial charge on any atom is -0.361 e. The normalized spacial score (nSPS) is 14.7. The summed E-state index contributed by atoms with van der Waals surface area (Å²) in [6, 6.07) is 14.7. The van der Waals surface area contributed by atoms with Crippen LogP contribution < -0.4 is 5.32 Å². The van der Waals surface area contributed by atoms with Crippen LogP contribution in [0.1, 0.15) is 29.8 Å². The third-order valence-corrected chi connectivity index (χ3v) is 4.94. The number of H-pyrrole nitrogens is 1. The Hall–Kier alpha value is -3.08. The van der Waals surface area contributed by atoms with E-state index in [-0.39, 0.29) is 17.7 Å². The van der Waals surface area contributed by atoms with E-state index in [9.17, 15) is 9.59 Å². The molecular formula is C21H21N3O2. The Morgan fingerprint density at radius 1 is 1.12 bits per heavy atom. The fraction of sp³-hybridized carbons (Fsp3) is 0.238. The zero-order valence-electron chi connectivity index (χ0n) is 14.8. The number of benzene rings is 2. The van der Waals surface area contributed by atoms with Gasteiger partial charge in [0.1, 0.15) is 6.04 Å². The summed E-state index contributed by atoms with van der Waals surface area (Å²) >= 11 is 0. The van der Waals surface area contributed by atoms with E-state index in [0.717, 1.165) is 22.2 Å². The number of carbonyl (C=O) groups is 2. The minimum absolute atomic E-state index is 0.00121. The maximum absolute atomic E-state index is 13.1. The topological polar surface area (TPSA) is 65.2 Å². The Kier molecular flexibility index (Phi) is 3.99. The van der Waals surface area contributed by atoms with Gasteiger partial charge in [-0.1, -0.05) is 38.1 Å². The van der Waals surface area contributed by atoms with Gasteiger partial charge in [0.05, 0.1) is 5.69 Å². The van der Waals surface area contributed by atoms with Crippen molar-refractivity contribution in [2.24, 2.45) is 5.92 Å². The zero-order valence-corrected chi connectivity index (χ0v) is 14.8. The van der Waals surface area contributed by atoms with Crippen LogP contribution in [0.5, 0.6) is 0 Å². The van der Waals surface area contributed by atoms with E-state index >= 15 is 0 Å². The minimum atomic E-state index is -0.524. The van der Waals surface area contributed by atoms with Crippen molar-refractivity contribution < 1.29 is 9.59 Å². The average molecular weight is 347 g/mol. The summed E-state index contributed by atoms with van der Waals surface area (Å²) in [6.45, 7) is 4.41. The van der Waals surface area contributed by atoms with Crippen molar-refractivity contribution in [1.82, 2.24) is 9.88 Å². The van der Waals surface area contributed by atoms with Crippen LogP contribution in [0, 0.1) is 5.92 Å². The van der Waals surface area contributed by atoms with Crippen LogP contribution in [0.3, 0.4) is 0 Å². The molecule has 26 heavy (non-hydrogen) atoms. The average Bonchev–Trinajstić information content (AvgIpc) is 3.21. The molecule has 0 spiro atoms. The maximum Gasteiger partial charge on any atom is 0.255 e. The number of aromatic amines is 1. The molecule has 0 aliphatic carbocycles. The second-order valence-electron chi connectivity index (χ2n) is 7.01. The third-order valence-electron chi connectivity index (χ3n) is 4.94. The molecule has 1 atom stereocenters. The van der Waals surface area contributed by atoms with Gasteiger partial charge in [0, 0.05) is 29.2 Å². The summed E-state index contributed by atoms with van der Waals surface area (Å²) in [6.07, 6.45) is 1.85. The van der Waals surface area contributed by atoms with E-state index in [1.165, 1.54) is 0 Å². The molecule has 2 amide bonds. The smallest absolute Gasteiger partial charge is 0.255 e. The van der Waals surface area contributed by atoms with Gasteiger partial charge in [-0.05, 0) is 35.7 Å². The zero-order chi connectivity index (χ0) is 18.3. The van der Waals surface area contributed by atoms with Gasteiger partial charge in [-0.15, -0.1) is 0 Å². The molecule has 1 aliphatic heterocycles. The van der Waals surface area contributed by atoms with Crippen molar-refractivity contribution in [1.29, 1.82) is 0 Å². The monoisotopic (exact) mass is 347 g/mol. The molecule has 5 heteroatoms. The van der Waals surface area contributed by atoms with Crippen molar-refractivity contribution in [2.75, 3.05) is 5.32 Å². The first-order valence-electron chi connectivity index (χ1n) is 8.82. The SMILES string of the molecule is CC(C)C(C(=O)Nc1cccc2[nH]ccc12)N1Cc2ccccc2C1=O. The maximum atomic E-state index is 13.1. The lowest BCUT2D eigenvalue weighted by atomic mass is 10.0. The molecule has 5 nitrogen and oxygen atoms in total.